The third-order valence-corrected chi connectivity index (χ3v) is 2.94. The molecule has 66 valence electrons. The van der Waals surface area contributed by atoms with Gasteiger partial charge in [0, 0.05) is 16.4 Å². The fourth-order valence-corrected chi connectivity index (χ4v) is 2.14. The van der Waals surface area contributed by atoms with E-state index in [2.05, 4.69) is 0 Å². The van der Waals surface area contributed by atoms with Crippen molar-refractivity contribution >= 4 is 25.4 Å². The van der Waals surface area contributed by atoms with Crippen LogP contribution < -0.4 is 5.73 Å². The molecule has 0 fully saturated rings. The van der Waals surface area contributed by atoms with Gasteiger partial charge in [0.25, 0.3) is 9.05 Å². The first-order valence-corrected chi connectivity index (χ1v) is 5.53. The lowest BCUT2D eigenvalue weighted by Crippen LogP contribution is -1.95. The predicted octanol–water partition coefficient (Wildman–Crippen LogP) is 1.50. The van der Waals surface area contributed by atoms with E-state index in [0.29, 0.717) is 11.3 Å². The summed E-state index contributed by atoms with van der Waals surface area (Å²) in [5, 5.41) is 0. The van der Waals surface area contributed by atoms with Crippen molar-refractivity contribution in [2.24, 2.45) is 0 Å². The van der Waals surface area contributed by atoms with Crippen LogP contribution in [0, 0.1) is 6.92 Å². The molecule has 0 aliphatic rings. The molecule has 1 aromatic carbocycles. The van der Waals surface area contributed by atoms with Crippen LogP contribution in [0.1, 0.15) is 5.56 Å². The molecule has 0 heterocycles. The van der Waals surface area contributed by atoms with Gasteiger partial charge in [0.15, 0.2) is 0 Å². The summed E-state index contributed by atoms with van der Waals surface area (Å²) in [6.07, 6.45) is 0. The van der Waals surface area contributed by atoms with Crippen molar-refractivity contribution in [3.63, 3.8) is 0 Å². The topological polar surface area (TPSA) is 60.2 Å². The van der Waals surface area contributed by atoms with Gasteiger partial charge in [-0.15, -0.1) is 0 Å². The molecule has 0 spiro atoms. The Morgan fingerprint density at radius 1 is 1.42 bits per heavy atom. The van der Waals surface area contributed by atoms with Crippen molar-refractivity contribution in [3.05, 3.63) is 23.8 Å². The summed E-state index contributed by atoms with van der Waals surface area (Å²) in [4.78, 5) is 0.110. The Bertz CT molecular complexity index is 400. The van der Waals surface area contributed by atoms with E-state index in [1.54, 1.807) is 13.0 Å². The third-order valence-electron chi connectivity index (χ3n) is 1.46. The number of nitrogen functional groups attached to an aromatic ring is 1. The highest BCUT2D eigenvalue weighted by Crippen LogP contribution is 2.20. The number of hydrogen-bond donors (Lipinski definition) is 1. The first-order valence-electron chi connectivity index (χ1n) is 3.22. The van der Waals surface area contributed by atoms with Crippen molar-refractivity contribution < 1.29 is 8.42 Å². The van der Waals surface area contributed by atoms with Crippen LogP contribution in [0.15, 0.2) is 23.1 Å². The number of rotatable bonds is 1. The van der Waals surface area contributed by atoms with Crippen LogP contribution in [0.3, 0.4) is 0 Å². The van der Waals surface area contributed by atoms with Crippen molar-refractivity contribution in [1.82, 2.24) is 0 Å². The van der Waals surface area contributed by atoms with Crippen LogP contribution in [0.4, 0.5) is 5.69 Å². The molecule has 0 bridgehead atoms. The number of hydrogen-bond acceptors (Lipinski definition) is 3. The van der Waals surface area contributed by atoms with Gasteiger partial charge in [-0.3, -0.25) is 0 Å². The summed E-state index contributed by atoms with van der Waals surface area (Å²) >= 11 is 0. The summed E-state index contributed by atoms with van der Waals surface area (Å²) in [6, 6.07) is 4.46. The summed E-state index contributed by atoms with van der Waals surface area (Å²) in [7, 11) is 1.51. The maximum absolute atomic E-state index is 10.9. The second kappa shape index (κ2) is 2.95. The van der Waals surface area contributed by atoms with Gasteiger partial charge in [0.2, 0.25) is 0 Å². The van der Waals surface area contributed by atoms with Crippen molar-refractivity contribution in [2.75, 3.05) is 5.73 Å². The molecule has 1 aromatic rings. The van der Waals surface area contributed by atoms with Gasteiger partial charge in [-0.1, -0.05) is 0 Å². The first-order chi connectivity index (χ1) is 5.41. The van der Waals surface area contributed by atoms with Crippen LogP contribution in [-0.2, 0) is 9.05 Å². The fourth-order valence-electron chi connectivity index (χ4n) is 0.946. The predicted molar refractivity (Wildman–Crippen MR) is 48.6 cm³/mol. The smallest absolute Gasteiger partial charge is 0.261 e. The average molecular weight is 206 g/mol. The largest absolute Gasteiger partial charge is 0.399 e. The standard InChI is InChI=1S/C7H8ClNO2S/c1-5-4-6(9)2-3-7(5)12(8,10)11/h2-4H,9H2,1H3. The summed E-state index contributed by atoms with van der Waals surface area (Å²) in [5.74, 6) is 0. The van der Waals surface area contributed by atoms with Gasteiger partial charge in [-0.25, -0.2) is 8.42 Å². The SMILES string of the molecule is Cc1cc(N)ccc1S(=O)(=O)Cl. The highest BCUT2D eigenvalue weighted by Gasteiger charge is 2.12. The van der Waals surface area contributed by atoms with Gasteiger partial charge in [0.1, 0.15) is 0 Å². The van der Waals surface area contributed by atoms with E-state index in [4.69, 9.17) is 16.4 Å². The Hall–Kier alpha value is -0.740. The minimum absolute atomic E-state index is 0.110. The third kappa shape index (κ3) is 1.89. The zero-order valence-corrected chi connectivity index (χ0v) is 7.98. The van der Waals surface area contributed by atoms with Crippen molar-refractivity contribution in [3.8, 4) is 0 Å². The summed E-state index contributed by atoms with van der Waals surface area (Å²) in [6.45, 7) is 1.64. The quantitative estimate of drug-likeness (QED) is 0.559. The molecular weight excluding hydrogens is 198 g/mol. The maximum Gasteiger partial charge on any atom is 0.261 e. The first kappa shape index (κ1) is 9.35. The Kier molecular flexibility index (Phi) is 2.30. The van der Waals surface area contributed by atoms with E-state index in [1.807, 2.05) is 0 Å². The molecule has 0 amide bonds. The van der Waals surface area contributed by atoms with Crippen molar-refractivity contribution in [2.45, 2.75) is 11.8 Å². The molecule has 0 saturated heterocycles. The van der Waals surface area contributed by atoms with Crippen LogP contribution in [-0.4, -0.2) is 8.42 Å². The van der Waals surface area contributed by atoms with Gasteiger partial charge in [-0.05, 0) is 30.7 Å². The highest BCUT2D eigenvalue weighted by molar-refractivity contribution is 8.13. The van der Waals surface area contributed by atoms with Crippen LogP contribution in [0.5, 0.6) is 0 Å². The van der Waals surface area contributed by atoms with E-state index in [0.717, 1.165) is 0 Å². The van der Waals surface area contributed by atoms with Gasteiger partial charge in [0.05, 0.1) is 4.90 Å². The zero-order chi connectivity index (χ0) is 9.35. The Balaban J connectivity index is 3.39. The molecule has 0 aliphatic carbocycles. The molecule has 0 aromatic heterocycles. The summed E-state index contributed by atoms with van der Waals surface area (Å²) < 4.78 is 21.8. The number of benzene rings is 1. The van der Waals surface area contributed by atoms with E-state index < -0.39 is 9.05 Å². The van der Waals surface area contributed by atoms with Gasteiger partial charge >= 0.3 is 0 Å². The molecule has 0 unspecified atom stereocenters. The maximum atomic E-state index is 10.9. The van der Waals surface area contributed by atoms with E-state index in [-0.39, 0.29) is 4.90 Å². The number of nitrogens with two attached hydrogens (primary N) is 1. The van der Waals surface area contributed by atoms with E-state index in [1.165, 1.54) is 12.1 Å². The molecule has 2 N–H and O–H groups in total. The number of aryl methyl sites for hydroxylation is 1. The lowest BCUT2D eigenvalue weighted by molar-refractivity contribution is 0.609. The van der Waals surface area contributed by atoms with Crippen molar-refractivity contribution in [1.29, 1.82) is 0 Å². The molecule has 12 heavy (non-hydrogen) atoms. The summed E-state index contributed by atoms with van der Waals surface area (Å²) in [5.41, 5.74) is 6.52. The van der Waals surface area contributed by atoms with Crippen LogP contribution in [0.2, 0.25) is 0 Å². The molecule has 0 radical (unpaired) electrons. The van der Waals surface area contributed by atoms with Crippen LogP contribution >= 0.6 is 10.7 Å². The monoisotopic (exact) mass is 205 g/mol. The second-order valence-electron chi connectivity index (χ2n) is 2.46. The molecule has 0 atom stereocenters. The number of halogens is 1. The fraction of sp³-hybridized carbons (Fsp3) is 0.143. The zero-order valence-electron chi connectivity index (χ0n) is 6.41. The average Bonchev–Trinajstić information content (AvgIpc) is 1.83. The Morgan fingerprint density at radius 3 is 2.42 bits per heavy atom. The normalized spacial score (nSPS) is 11.5. The van der Waals surface area contributed by atoms with E-state index >= 15 is 0 Å². The molecule has 1 rings (SSSR count). The molecule has 5 heteroatoms. The van der Waals surface area contributed by atoms with E-state index in [9.17, 15) is 8.42 Å². The lowest BCUT2D eigenvalue weighted by atomic mass is 10.2. The minimum atomic E-state index is -3.63. The number of anilines is 1. The Morgan fingerprint density at radius 2 is 2.00 bits per heavy atom. The second-order valence-corrected chi connectivity index (χ2v) is 5.00. The lowest BCUT2D eigenvalue weighted by Gasteiger charge is -2.01. The Labute approximate surface area is 75.6 Å². The minimum Gasteiger partial charge on any atom is -0.399 e. The molecule has 0 aliphatic heterocycles. The van der Waals surface area contributed by atoms with Crippen LogP contribution in [0.25, 0.3) is 0 Å². The highest BCUT2D eigenvalue weighted by atomic mass is 35.7. The van der Waals surface area contributed by atoms with Gasteiger partial charge in [-0.2, -0.15) is 0 Å². The molecular formula is C7H8ClNO2S. The van der Waals surface area contributed by atoms with Gasteiger partial charge < -0.3 is 5.73 Å². The molecule has 3 nitrogen and oxygen atoms in total. The molecule has 0 saturated carbocycles.